The largest absolute Gasteiger partial charge is 0.508 e. The first-order valence-electron chi connectivity index (χ1n) is 6.25. The van der Waals surface area contributed by atoms with Crippen molar-refractivity contribution in [3.8, 4) is 16.9 Å². The summed E-state index contributed by atoms with van der Waals surface area (Å²) in [4.78, 5) is 8.58. The van der Waals surface area contributed by atoms with Crippen LogP contribution in [-0.2, 0) is 0 Å². The molecule has 4 heteroatoms. The zero-order chi connectivity index (χ0) is 13.8. The second-order valence-electron chi connectivity index (χ2n) is 4.33. The standard InChI is InChI=1S/C16H13N3O/c20-15-8-6-12(7-9-15)13-10-17-16(18-11-13)19-14-4-2-1-3-5-14/h1-11,20H,(H,17,18,19). The van der Waals surface area contributed by atoms with Crippen LogP contribution in [0.2, 0.25) is 0 Å². The van der Waals surface area contributed by atoms with Crippen LogP contribution in [0.3, 0.4) is 0 Å². The maximum Gasteiger partial charge on any atom is 0.227 e. The van der Waals surface area contributed by atoms with E-state index < -0.39 is 0 Å². The van der Waals surface area contributed by atoms with E-state index in [1.807, 2.05) is 42.5 Å². The van der Waals surface area contributed by atoms with E-state index in [1.54, 1.807) is 24.5 Å². The van der Waals surface area contributed by atoms with E-state index in [4.69, 9.17) is 0 Å². The summed E-state index contributed by atoms with van der Waals surface area (Å²) in [5.74, 6) is 0.802. The molecule has 1 heterocycles. The van der Waals surface area contributed by atoms with Gasteiger partial charge >= 0.3 is 0 Å². The van der Waals surface area contributed by atoms with Crippen molar-refractivity contribution >= 4 is 11.6 Å². The van der Waals surface area contributed by atoms with E-state index in [1.165, 1.54) is 0 Å². The number of rotatable bonds is 3. The maximum absolute atomic E-state index is 9.27. The summed E-state index contributed by atoms with van der Waals surface area (Å²) in [6.45, 7) is 0. The minimum Gasteiger partial charge on any atom is -0.508 e. The predicted molar refractivity (Wildman–Crippen MR) is 78.9 cm³/mol. The van der Waals surface area contributed by atoms with Gasteiger partial charge < -0.3 is 10.4 Å². The molecule has 2 N–H and O–H groups in total. The number of nitrogens with one attached hydrogen (secondary N) is 1. The summed E-state index contributed by atoms with van der Waals surface area (Å²) in [6.07, 6.45) is 3.51. The molecule has 98 valence electrons. The molecule has 2 aromatic carbocycles. The molecule has 20 heavy (non-hydrogen) atoms. The molecule has 0 spiro atoms. The third-order valence-electron chi connectivity index (χ3n) is 2.88. The predicted octanol–water partition coefficient (Wildman–Crippen LogP) is 3.59. The first-order valence-corrected chi connectivity index (χ1v) is 6.25. The van der Waals surface area contributed by atoms with Gasteiger partial charge in [-0.1, -0.05) is 30.3 Å². The number of anilines is 2. The van der Waals surface area contributed by atoms with Crippen LogP contribution in [0.4, 0.5) is 11.6 Å². The molecule has 0 saturated heterocycles. The summed E-state index contributed by atoms with van der Waals surface area (Å²) < 4.78 is 0. The first-order chi connectivity index (χ1) is 9.81. The van der Waals surface area contributed by atoms with E-state index >= 15 is 0 Å². The Bertz CT molecular complexity index is 679. The first kappa shape index (κ1) is 12.2. The summed E-state index contributed by atoms with van der Waals surface area (Å²) in [7, 11) is 0. The van der Waals surface area contributed by atoms with Crippen molar-refractivity contribution in [2.24, 2.45) is 0 Å². The van der Waals surface area contributed by atoms with Crippen LogP contribution in [0, 0.1) is 0 Å². The Balaban J connectivity index is 1.79. The third-order valence-corrected chi connectivity index (χ3v) is 2.88. The molecule has 0 aliphatic carbocycles. The van der Waals surface area contributed by atoms with Crippen LogP contribution in [-0.4, -0.2) is 15.1 Å². The Labute approximate surface area is 116 Å². The van der Waals surface area contributed by atoms with Crippen molar-refractivity contribution < 1.29 is 5.11 Å². The molecule has 0 bridgehead atoms. The van der Waals surface area contributed by atoms with Gasteiger partial charge in [-0.15, -0.1) is 0 Å². The number of phenolic OH excluding ortho intramolecular Hbond substituents is 1. The average molecular weight is 263 g/mol. The second kappa shape index (κ2) is 5.40. The summed E-state index contributed by atoms with van der Waals surface area (Å²) in [5.41, 5.74) is 2.82. The topological polar surface area (TPSA) is 58.0 Å². The summed E-state index contributed by atoms with van der Waals surface area (Å²) >= 11 is 0. The molecule has 3 aromatic rings. The number of para-hydroxylation sites is 1. The molecule has 0 fully saturated rings. The van der Waals surface area contributed by atoms with E-state index in [-0.39, 0.29) is 5.75 Å². The van der Waals surface area contributed by atoms with Gasteiger partial charge in [0.1, 0.15) is 5.75 Å². The fourth-order valence-electron chi connectivity index (χ4n) is 1.85. The lowest BCUT2D eigenvalue weighted by Gasteiger charge is -2.05. The number of hydrogen-bond donors (Lipinski definition) is 2. The molecule has 1 aromatic heterocycles. The van der Waals surface area contributed by atoms with Crippen LogP contribution in [0.15, 0.2) is 67.0 Å². The zero-order valence-corrected chi connectivity index (χ0v) is 10.7. The fourth-order valence-corrected chi connectivity index (χ4v) is 1.85. The van der Waals surface area contributed by atoms with Crippen molar-refractivity contribution in [1.29, 1.82) is 0 Å². The molecule has 0 saturated carbocycles. The highest BCUT2D eigenvalue weighted by atomic mass is 16.3. The van der Waals surface area contributed by atoms with Crippen LogP contribution in [0.5, 0.6) is 5.75 Å². The number of hydrogen-bond acceptors (Lipinski definition) is 4. The highest BCUT2D eigenvalue weighted by Crippen LogP contribution is 2.21. The number of nitrogens with zero attached hydrogens (tertiary/aromatic N) is 2. The Morgan fingerprint density at radius 1 is 0.750 bits per heavy atom. The number of aromatic hydroxyl groups is 1. The van der Waals surface area contributed by atoms with E-state index in [2.05, 4.69) is 15.3 Å². The second-order valence-corrected chi connectivity index (χ2v) is 4.33. The molecule has 4 nitrogen and oxygen atoms in total. The van der Waals surface area contributed by atoms with Gasteiger partial charge in [-0.2, -0.15) is 0 Å². The van der Waals surface area contributed by atoms with Crippen LogP contribution in [0.25, 0.3) is 11.1 Å². The van der Waals surface area contributed by atoms with Crippen molar-refractivity contribution in [3.63, 3.8) is 0 Å². The van der Waals surface area contributed by atoms with Gasteiger partial charge in [0.2, 0.25) is 5.95 Å². The van der Waals surface area contributed by atoms with Crippen molar-refractivity contribution in [1.82, 2.24) is 9.97 Å². The Hall–Kier alpha value is -2.88. The van der Waals surface area contributed by atoms with Crippen LogP contribution >= 0.6 is 0 Å². The van der Waals surface area contributed by atoms with Gasteiger partial charge in [-0.05, 0) is 29.8 Å². The molecule has 0 radical (unpaired) electrons. The lowest BCUT2D eigenvalue weighted by atomic mass is 10.1. The van der Waals surface area contributed by atoms with Gasteiger partial charge in [-0.3, -0.25) is 0 Å². The summed E-state index contributed by atoms with van der Waals surface area (Å²) in [6, 6.07) is 16.7. The minimum absolute atomic E-state index is 0.247. The molecule has 0 amide bonds. The SMILES string of the molecule is Oc1ccc(-c2cnc(Nc3ccccc3)nc2)cc1. The lowest BCUT2D eigenvalue weighted by Crippen LogP contribution is -1.96. The van der Waals surface area contributed by atoms with Crippen molar-refractivity contribution in [2.75, 3.05) is 5.32 Å². The highest BCUT2D eigenvalue weighted by molar-refractivity contribution is 5.63. The summed E-state index contributed by atoms with van der Waals surface area (Å²) in [5, 5.41) is 12.4. The monoisotopic (exact) mass is 263 g/mol. The van der Waals surface area contributed by atoms with Crippen LogP contribution in [0.1, 0.15) is 0 Å². The van der Waals surface area contributed by atoms with E-state index in [0.29, 0.717) is 5.95 Å². The molecule has 0 aliphatic heterocycles. The van der Waals surface area contributed by atoms with Gasteiger partial charge in [0.25, 0.3) is 0 Å². The smallest absolute Gasteiger partial charge is 0.227 e. The van der Waals surface area contributed by atoms with Crippen molar-refractivity contribution in [2.45, 2.75) is 0 Å². The molecule has 0 atom stereocenters. The number of benzene rings is 2. The molecule has 0 aliphatic rings. The lowest BCUT2D eigenvalue weighted by molar-refractivity contribution is 0.475. The minimum atomic E-state index is 0.247. The normalized spacial score (nSPS) is 10.2. The molecular formula is C16H13N3O. The number of aromatic nitrogens is 2. The number of phenols is 1. The zero-order valence-electron chi connectivity index (χ0n) is 10.7. The van der Waals surface area contributed by atoms with Gasteiger partial charge in [-0.25, -0.2) is 9.97 Å². The average Bonchev–Trinajstić information content (AvgIpc) is 2.50. The molecule has 3 rings (SSSR count). The Kier molecular flexibility index (Phi) is 3.29. The van der Waals surface area contributed by atoms with Gasteiger partial charge in [0, 0.05) is 23.6 Å². The quantitative estimate of drug-likeness (QED) is 0.758. The van der Waals surface area contributed by atoms with Crippen LogP contribution < -0.4 is 5.32 Å². The maximum atomic E-state index is 9.27. The van der Waals surface area contributed by atoms with Crippen molar-refractivity contribution in [3.05, 3.63) is 67.0 Å². The van der Waals surface area contributed by atoms with Gasteiger partial charge in [0.15, 0.2) is 0 Å². The molecular weight excluding hydrogens is 250 g/mol. The Morgan fingerprint density at radius 2 is 1.40 bits per heavy atom. The third kappa shape index (κ3) is 2.75. The highest BCUT2D eigenvalue weighted by Gasteiger charge is 2.01. The van der Waals surface area contributed by atoms with E-state index in [9.17, 15) is 5.11 Å². The fraction of sp³-hybridized carbons (Fsp3) is 0. The van der Waals surface area contributed by atoms with Gasteiger partial charge in [0.05, 0.1) is 0 Å². The Morgan fingerprint density at radius 3 is 2.05 bits per heavy atom. The molecule has 0 unspecified atom stereocenters. The van der Waals surface area contributed by atoms with E-state index in [0.717, 1.165) is 16.8 Å².